The molecule has 10 nitrogen and oxygen atoms in total. The Balaban J connectivity index is 1.56. The minimum atomic E-state index is -1.19. The number of ether oxygens (including phenoxy) is 1. The van der Waals surface area contributed by atoms with Gasteiger partial charge in [-0.1, -0.05) is 11.6 Å². The summed E-state index contributed by atoms with van der Waals surface area (Å²) in [6.07, 6.45) is 1.35. The van der Waals surface area contributed by atoms with E-state index in [9.17, 15) is 20.0 Å². The number of aliphatic carboxylic acids is 1. The Morgan fingerprint density at radius 1 is 1.24 bits per heavy atom. The zero-order chi connectivity index (χ0) is 24.2. The maximum absolute atomic E-state index is 11.8. The predicted octanol–water partition coefficient (Wildman–Crippen LogP) is 5.52. The van der Waals surface area contributed by atoms with E-state index in [4.69, 9.17) is 20.8 Å². The molecule has 12 heteroatoms. The van der Waals surface area contributed by atoms with Crippen molar-refractivity contribution >= 4 is 41.1 Å². The number of furan rings is 1. The molecule has 4 aromatic rings. The van der Waals surface area contributed by atoms with Gasteiger partial charge in [-0.3, -0.25) is 15.2 Å². The van der Waals surface area contributed by atoms with Gasteiger partial charge in [-0.15, -0.1) is 5.10 Å². The minimum Gasteiger partial charge on any atom is -0.496 e. The van der Waals surface area contributed by atoms with Gasteiger partial charge >= 0.3 is 5.97 Å². The molecule has 0 bridgehead atoms. The van der Waals surface area contributed by atoms with Crippen LogP contribution in [-0.4, -0.2) is 38.3 Å². The van der Waals surface area contributed by atoms with Gasteiger partial charge in [-0.05, 0) is 54.2 Å². The van der Waals surface area contributed by atoms with E-state index < -0.39 is 10.9 Å². The van der Waals surface area contributed by atoms with Crippen molar-refractivity contribution in [2.24, 2.45) is 0 Å². The largest absolute Gasteiger partial charge is 0.496 e. The van der Waals surface area contributed by atoms with Crippen LogP contribution >= 0.6 is 23.4 Å². The number of carboxylic acids is 1. The molecule has 2 heterocycles. The van der Waals surface area contributed by atoms with Crippen molar-refractivity contribution in [3.05, 3.63) is 80.4 Å². The number of non-ortho nitro benzene ring substituents is 1. The van der Waals surface area contributed by atoms with Crippen LogP contribution in [0.1, 0.15) is 5.76 Å². The first kappa shape index (κ1) is 23.1. The summed E-state index contributed by atoms with van der Waals surface area (Å²) in [5.74, 6) is 0.421. The van der Waals surface area contributed by atoms with E-state index in [1.807, 2.05) is 0 Å². The molecule has 2 aromatic carbocycles. The van der Waals surface area contributed by atoms with Crippen molar-refractivity contribution in [1.29, 1.82) is 0 Å². The Bertz CT molecular complexity index is 1400. The lowest BCUT2D eigenvalue weighted by molar-refractivity contribution is -0.384. The molecule has 0 amide bonds. The molecule has 0 spiro atoms. The summed E-state index contributed by atoms with van der Waals surface area (Å²) < 4.78 is 11.0. The normalized spacial score (nSPS) is 11.4. The van der Waals surface area contributed by atoms with E-state index in [0.717, 1.165) is 11.8 Å². The molecule has 172 valence electrons. The number of hydrogen-bond donors (Lipinski definition) is 2. The molecule has 0 saturated carbocycles. The van der Waals surface area contributed by atoms with Crippen molar-refractivity contribution in [3.63, 3.8) is 0 Å². The summed E-state index contributed by atoms with van der Waals surface area (Å²) in [6, 6.07) is 14.1. The van der Waals surface area contributed by atoms with E-state index in [1.54, 1.807) is 42.5 Å². The average Bonchev–Trinajstić information content (AvgIpc) is 3.48. The number of aromatic nitrogens is 3. The fourth-order valence-corrected chi connectivity index (χ4v) is 3.83. The molecule has 0 aliphatic heterocycles. The number of thioether (sulfide) groups is 1. The Kier molecular flexibility index (Phi) is 6.66. The SMILES string of the molecule is COc1ccc(Cl)cc1-c1nc(S/C(=C\c2ccc(-c3ccc([N+](=O)[O-])cc3)o2)C(=O)O)n[nH]1. The monoisotopic (exact) mass is 498 g/mol. The molecular weight excluding hydrogens is 484 g/mol. The number of hydrogen-bond acceptors (Lipinski definition) is 8. The van der Waals surface area contributed by atoms with Gasteiger partial charge < -0.3 is 14.3 Å². The topological polar surface area (TPSA) is 144 Å². The van der Waals surface area contributed by atoms with Crippen LogP contribution in [0.3, 0.4) is 0 Å². The molecule has 0 radical (unpaired) electrons. The van der Waals surface area contributed by atoms with E-state index in [0.29, 0.717) is 33.5 Å². The molecule has 34 heavy (non-hydrogen) atoms. The van der Waals surface area contributed by atoms with Gasteiger partial charge in [0.2, 0.25) is 5.16 Å². The number of aromatic amines is 1. The minimum absolute atomic E-state index is 0.0405. The smallest absolute Gasteiger partial charge is 0.342 e. The van der Waals surface area contributed by atoms with E-state index >= 15 is 0 Å². The third-order valence-electron chi connectivity index (χ3n) is 4.56. The fourth-order valence-electron chi connectivity index (χ4n) is 2.97. The molecule has 0 saturated heterocycles. The molecule has 0 aliphatic rings. The Labute approximate surface area is 201 Å². The second-order valence-electron chi connectivity index (χ2n) is 6.73. The number of nitro groups is 1. The van der Waals surface area contributed by atoms with Crippen molar-refractivity contribution in [1.82, 2.24) is 15.2 Å². The molecule has 4 rings (SSSR count). The van der Waals surface area contributed by atoms with E-state index in [2.05, 4.69) is 15.2 Å². The van der Waals surface area contributed by atoms with Crippen LogP contribution in [-0.2, 0) is 4.79 Å². The van der Waals surface area contributed by atoms with Gasteiger partial charge in [-0.25, -0.2) is 9.78 Å². The second-order valence-corrected chi connectivity index (χ2v) is 8.18. The molecular formula is C22H15ClN4O6S. The quantitative estimate of drug-likeness (QED) is 0.139. The van der Waals surface area contributed by atoms with Crippen LogP contribution in [0.15, 0.2) is 69.1 Å². The number of H-pyrrole nitrogens is 1. The Hall–Kier alpha value is -4.09. The number of nitrogens with zero attached hydrogens (tertiary/aromatic N) is 3. The zero-order valence-corrected chi connectivity index (χ0v) is 19.0. The lowest BCUT2D eigenvalue weighted by Crippen LogP contribution is -1.97. The first-order valence-electron chi connectivity index (χ1n) is 9.58. The summed E-state index contributed by atoms with van der Waals surface area (Å²) in [5.41, 5.74) is 1.15. The summed E-state index contributed by atoms with van der Waals surface area (Å²) in [7, 11) is 1.51. The zero-order valence-electron chi connectivity index (χ0n) is 17.4. The molecule has 2 aromatic heterocycles. The van der Waals surface area contributed by atoms with Crippen LogP contribution < -0.4 is 4.74 Å². The van der Waals surface area contributed by atoms with Crippen LogP contribution in [0.4, 0.5) is 5.69 Å². The number of nitrogens with one attached hydrogen (secondary N) is 1. The number of methoxy groups -OCH3 is 1. The number of carbonyl (C=O) groups is 1. The first-order valence-corrected chi connectivity index (χ1v) is 10.8. The highest BCUT2D eigenvalue weighted by molar-refractivity contribution is 8.04. The summed E-state index contributed by atoms with van der Waals surface area (Å²) in [6.45, 7) is 0. The van der Waals surface area contributed by atoms with Crippen LogP contribution in [0.2, 0.25) is 5.02 Å². The second kappa shape index (κ2) is 9.81. The first-order chi connectivity index (χ1) is 16.3. The lowest BCUT2D eigenvalue weighted by atomic mass is 10.1. The predicted molar refractivity (Wildman–Crippen MR) is 126 cm³/mol. The van der Waals surface area contributed by atoms with Crippen molar-refractivity contribution in [3.8, 4) is 28.5 Å². The Morgan fingerprint density at radius 3 is 2.68 bits per heavy atom. The molecule has 0 fully saturated rings. The van der Waals surface area contributed by atoms with Crippen molar-refractivity contribution < 1.29 is 24.0 Å². The lowest BCUT2D eigenvalue weighted by Gasteiger charge is -2.05. The summed E-state index contributed by atoms with van der Waals surface area (Å²) >= 11 is 6.90. The highest BCUT2D eigenvalue weighted by Crippen LogP contribution is 2.33. The van der Waals surface area contributed by atoms with Crippen molar-refractivity contribution in [2.75, 3.05) is 7.11 Å². The van der Waals surface area contributed by atoms with Crippen LogP contribution in [0.5, 0.6) is 5.75 Å². The van der Waals surface area contributed by atoms with Crippen LogP contribution in [0.25, 0.3) is 28.8 Å². The number of benzene rings is 2. The third-order valence-corrected chi connectivity index (χ3v) is 5.67. The highest BCUT2D eigenvalue weighted by atomic mass is 35.5. The van der Waals surface area contributed by atoms with Crippen LogP contribution in [0, 0.1) is 10.1 Å². The number of nitro benzene ring substituents is 1. The number of halogens is 1. The fraction of sp³-hybridized carbons (Fsp3) is 0.0455. The third kappa shape index (κ3) is 5.11. The van der Waals surface area contributed by atoms with Gasteiger partial charge in [0, 0.05) is 28.8 Å². The standard InChI is InChI=1S/C22H15ClN4O6S/c1-32-18-8-4-13(23)10-16(18)20-24-22(26-25-20)34-19(21(28)29)11-15-7-9-17(33-15)12-2-5-14(6-3-12)27(30)31/h2-11H,1H3,(H,28,29)(H,24,25,26)/b19-11-. The van der Waals surface area contributed by atoms with Gasteiger partial charge in [0.1, 0.15) is 22.2 Å². The maximum Gasteiger partial charge on any atom is 0.342 e. The van der Waals surface area contributed by atoms with Gasteiger partial charge in [0.15, 0.2) is 5.82 Å². The molecule has 0 unspecified atom stereocenters. The molecule has 2 N–H and O–H groups in total. The Morgan fingerprint density at radius 2 is 2.00 bits per heavy atom. The van der Waals surface area contributed by atoms with Gasteiger partial charge in [0.25, 0.3) is 5.69 Å². The van der Waals surface area contributed by atoms with E-state index in [-0.39, 0.29) is 21.5 Å². The van der Waals surface area contributed by atoms with Crippen molar-refractivity contribution in [2.45, 2.75) is 5.16 Å². The molecule has 0 atom stereocenters. The number of rotatable bonds is 8. The number of carboxylic acid groups (broad SMARTS) is 1. The van der Waals surface area contributed by atoms with E-state index in [1.165, 1.54) is 25.3 Å². The highest BCUT2D eigenvalue weighted by Gasteiger charge is 2.17. The van der Waals surface area contributed by atoms with Gasteiger partial charge in [0.05, 0.1) is 17.6 Å². The molecule has 0 aliphatic carbocycles. The summed E-state index contributed by atoms with van der Waals surface area (Å²) in [4.78, 5) is 26.4. The average molecular weight is 499 g/mol. The summed E-state index contributed by atoms with van der Waals surface area (Å²) in [5, 5.41) is 27.9. The maximum atomic E-state index is 11.8. The van der Waals surface area contributed by atoms with Gasteiger partial charge in [-0.2, -0.15) is 0 Å².